The van der Waals surface area contributed by atoms with Crippen LogP contribution in [0.1, 0.15) is 17.2 Å². The van der Waals surface area contributed by atoms with E-state index in [0.29, 0.717) is 6.07 Å². The lowest BCUT2D eigenvalue weighted by atomic mass is 10.0. The maximum absolute atomic E-state index is 13.5. The molecule has 0 aliphatic heterocycles. The molecular weight excluding hydrogens is 284 g/mol. The zero-order chi connectivity index (χ0) is 14.2. The van der Waals surface area contributed by atoms with Crippen LogP contribution >= 0.6 is 11.6 Å². The van der Waals surface area contributed by atoms with Crippen LogP contribution in [-0.2, 0) is 0 Å². The van der Waals surface area contributed by atoms with Crippen molar-refractivity contribution >= 4 is 11.6 Å². The highest BCUT2D eigenvalue weighted by Crippen LogP contribution is 2.29. The van der Waals surface area contributed by atoms with Crippen LogP contribution in [0.15, 0.2) is 30.3 Å². The lowest BCUT2D eigenvalue weighted by Crippen LogP contribution is -2.07. The van der Waals surface area contributed by atoms with Crippen LogP contribution in [0.3, 0.4) is 0 Å². The summed E-state index contributed by atoms with van der Waals surface area (Å²) in [5.74, 6) is -5.51. The SMILES string of the molecule is OC(c1cc(Cl)ccc1F)c1ccc(F)c(F)c1F. The van der Waals surface area contributed by atoms with Crippen molar-refractivity contribution in [1.82, 2.24) is 0 Å². The summed E-state index contributed by atoms with van der Waals surface area (Å²) in [6, 6.07) is 4.81. The molecule has 0 fully saturated rings. The van der Waals surface area contributed by atoms with Gasteiger partial charge in [-0.25, -0.2) is 17.6 Å². The second kappa shape index (κ2) is 5.19. The molecule has 1 nitrogen and oxygen atoms in total. The molecule has 0 saturated carbocycles. The smallest absolute Gasteiger partial charge is 0.194 e. The molecule has 6 heteroatoms. The summed E-state index contributed by atoms with van der Waals surface area (Å²) in [7, 11) is 0. The van der Waals surface area contributed by atoms with Gasteiger partial charge in [0.2, 0.25) is 0 Å². The Morgan fingerprint density at radius 3 is 2.16 bits per heavy atom. The van der Waals surface area contributed by atoms with E-state index in [1.807, 2.05) is 0 Å². The third-order valence-corrected chi connectivity index (χ3v) is 2.85. The lowest BCUT2D eigenvalue weighted by Gasteiger charge is -2.14. The molecule has 1 unspecified atom stereocenters. The molecule has 0 bridgehead atoms. The van der Waals surface area contributed by atoms with Gasteiger partial charge in [-0.15, -0.1) is 0 Å². The maximum Gasteiger partial charge on any atom is 0.194 e. The van der Waals surface area contributed by atoms with Crippen molar-refractivity contribution in [2.75, 3.05) is 0 Å². The Balaban J connectivity index is 2.53. The number of aliphatic hydroxyl groups excluding tert-OH is 1. The number of benzene rings is 2. The highest BCUT2D eigenvalue weighted by Gasteiger charge is 2.22. The summed E-state index contributed by atoms with van der Waals surface area (Å²) in [5, 5.41) is 9.99. The molecule has 0 amide bonds. The maximum atomic E-state index is 13.5. The van der Waals surface area contributed by atoms with E-state index >= 15 is 0 Å². The van der Waals surface area contributed by atoms with E-state index < -0.39 is 34.9 Å². The molecule has 0 heterocycles. The predicted molar refractivity (Wildman–Crippen MR) is 61.8 cm³/mol. The first-order valence-electron chi connectivity index (χ1n) is 5.18. The van der Waals surface area contributed by atoms with Crippen LogP contribution in [0.25, 0.3) is 0 Å². The van der Waals surface area contributed by atoms with E-state index in [9.17, 15) is 22.7 Å². The summed E-state index contributed by atoms with van der Waals surface area (Å²) in [5.41, 5.74) is -0.891. The molecule has 1 atom stereocenters. The van der Waals surface area contributed by atoms with Gasteiger partial charge in [0.05, 0.1) is 0 Å². The Kier molecular flexibility index (Phi) is 3.78. The third kappa shape index (κ3) is 2.57. The van der Waals surface area contributed by atoms with Gasteiger partial charge in [0.1, 0.15) is 11.9 Å². The van der Waals surface area contributed by atoms with Crippen molar-refractivity contribution in [3.05, 3.63) is 69.8 Å². The number of aliphatic hydroxyl groups is 1. The van der Waals surface area contributed by atoms with E-state index in [1.54, 1.807) is 0 Å². The van der Waals surface area contributed by atoms with Crippen molar-refractivity contribution < 1.29 is 22.7 Å². The van der Waals surface area contributed by atoms with Gasteiger partial charge < -0.3 is 5.11 Å². The summed E-state index contributed by atoms with van der Waals surface area (Å²) in [6.45, 7) is 0. The van der Waals surface area contributed by atoms with Gasteiger partial charge >= 0.3 is 0 Å². The molecule has 1 N–H and O–H groups in total. The highest BCUT2D eigenvalue weighted by atomic mass is 35.5. The van der Waals surface area contributed by atoms with Crippen molar-refractivity contribution in [3.8, 4) is 0 Å². The van der Waals surface area contributed by atoms with Crippen molar-refractivity contribution in [2.24, 2.45) is 0 Å². The Morgan fingerprint density at radius 1 is 0.842 bits per heavy atom. The van der Waals surface area contributed by atoms with E-state index in [0.717, 1.165) is 18.2 Å². The van der Waals surface area contributed by atoms with E-state index in [-0.39, 0.29) is 10.6 Å². The highest BCUT2D eigenvalue weighted by molar-refractivity contribution is 6.30. The number of hydrogen-bond acceptors (Lipinski definition) is 1. The van der Waals surface area contributed by atoms with Crippen LogP contribution in [0.5, 0.6) is 0 Å². The fourth-order valence-corrected chi connectivity index (χ4v) is 1.82. The van der Waals surface area contributed by atoms with Crippen LogP contribution in [0.2, 0.25) is 5.02 Å². The summed E-state index contributed by atoms with van der Waals surface area (Å²) in [6.07, 6.45) is -1.78. The number of rotatable bonds is 2. The molecular formula is C13H7ClF4O. The Morgan fingerprint density at radius 2 is 1.47 bits per heavy atom. The topological polar surface area (TPSA) is 20.2 Å². The third-order valence-electron chi connectivity index (χ3n) is 2.61. The molecule has 100 valence electrons. The van der Waals surface area contributed by atoms with Crippen molar-refractivity contribution in [2.45, 2.75) is 6.10 Å². The minimum Gasteiger partial charge on any atom is -0.383 e. The lowest BCUT2D eigenvalue weighted by molar-refractivity contribution is 0.207. The first-order valence-corrected chi connectivity index (χ1v) is 5.56. The number of hydrogen-bond donors (Lipinski definition) is 1. The fourth-order valence-electron chi connectivity index (χ4n) is 1.64. The molecule has 0 aliphatic carbocycles. The van der Waals surface area contributed by atoms with Gasteiger partial charge in [-0.05, 0) is 24.3 Å². The second-order valence-corrected chi connectivity index (χ2v) is 4.27. The molecule has 0 spiro atoms. The van der Waals surface area contributed by atoms with Crippen molar-refractivity contribution in [3.63, 3.8) is 0 Å². The molecule has 2 aromatic rings. The predicted octanol–water partition coefficient (Wildman–Crippen LogP) is 3.98. The van der Waals surface area contributed by atoms with Gasteiger partial charge in [-0.1, -0.05) is 17.7 Å². The Bertz CT molecular complexity index is 630. The molecule has 0 saturated heterocycles. The van der Waals surface area contributed by atoms with Crippen LogP contribution in [0.4, 0.5) is 17.6 Å². The minimum atomic E-state index is -1.78. The largest absolute Gasteiger partial charge is 0.383 e. The van der Waals surface area contributed by atoms with Gasteiger partial charge in [-0.3, -0.25) is 0 Å². The van der Waals surface area contributed by atoms with Crippen LogP contribution < -0.4 is 0 Å². The molecule has 0 radical (unpaired) electrons. The molecule has 0 aliphatic rings. The zero-order valence-electron chi connectivity index (χ0n) is 9.30. The molecule has 19 heavy (non-hydrogen) atoms. The standard InChI is InChI=1S/C13H7ClF4O/c14-6-1-3-9(15)8(5-6)13(19)7-2-4-10(16)12(18)11(7)17/h1-5,13,19H. The van der Waals surface area contributed by atoms with Crippen LogP contribution in [0, 0.1) is 23.3 Å². The first-order chi connectivity index (χ1) is 8.91. The molecule has 2 rings (SSSR count). The quantitative estimate of drug-likeness (QED) is 0.655. The van der Waals surface area contributed by atoms with Gasteiger partial charge in [-0.2, -0.15) is 0 Å². The Labute approximate surface area is 111 Å². The average Bonchev–Trinajstić information content (AvgIpc) is 2.38. The minimum absolute atomic E-state index is 0.124. The van der Waals surface area contributed by atoms with E-state index in [4.69, 9.17) is 11.6 Å². The second-order valence-electron chi connectivity index (χ2n) is 3.83. The Hall–Kier alpha value is -1.59. The van der Waals surface area contributed by atoms with Crippen LogP contribution in [-0.4, -0.2) is 5.11 Å². The van der Waals surface area contributed by atoms with Gasteiger partial charge in [0, 0.05) is 16.1 Å². The summed E-state index contributed by atoms with van der Waals surface area (Å²) >= 11 is 5.64. The van der Waals surface area contributed by atoms with E-state index in [2.05, 4.69) is 0 Å². The summed E-state index contributed by atoms with van der Waals surface area (Å²) < 4.78 is 52.9. The zero-order valence-corrected chi connectivity index (χ0v) is 10.1. The average molecular weight is 291 g/mol. The normalized spacial score (nSPS) is 12.5. The summed E-state index contributed by atoms with van der Waals surface area (Å²) in [4.78, 5) is 0. The first kappa shape index (κ1) is 13.8. The number of halogens is 5. The monoisotopic (exact) mass is 290 g/mol. The van der Waals surface area contributed by atoms with Gasteiger partial charge in [0.25, 0.3) is 0 Å². The van der Waals surface area contributed by atoms with Gasteiger partial charge in [0.15, 0.2) is 17.5 Å². The molecule has 2 aromatic carbocycles. The van der Waals surface area contributed by atoms with Crippen molar-refractivity contribution in [1.29, 1.82) is 0 Å². The molecule has 0 aromatic heterocycles. The van der Waals surface area contributed by atoms with E-state index in [1.165, 1.54) is 6.07 Å². The fraction of sp³-hybridized carbons (Fsp3) is 0.0769.